The van der Waals surface area contributed by atoms with Crippen molar-refractivity contribution in [1.29, 1.82) is 0 Å². The van der Waals surface area contributed by atoms with Gasteiger partial charge in [0.2, 0.25) is 0 Å². The monoisotopic (exact) mass is 1160 g/mol. The second-order valence-electron chi connectivity index (χ2n) is 18.3. The molecule has 0 saturated carbocycles. The SMILES string of the molecule is CCCCCCCCCCCCCCCCCC(=O)OCCOCCOCCOCCOCCOCCOCCOCCOCCOCCOCCOCCOCCOCCOCCOCCOCCOCCOCCOCCO. The third kappa shape index (κ3) is 74.7. The summed E-state index contributed by atoms with van der Waals surface area (Å²) < 4.78 is 109. The van der Waals surface area contributed by atoms with E-state index in [2.05, 4.69) is 6.92 Å². The third-order valence-corrected chi connectivity index (χ3v) is 11.4. The van der Waals surface area contributed by atoms with Gasteiger partial charge in [-0.2, -0.15) is 0 Å². The summed E-state index contributed by atoms with van der Waals surface area (Å²) in [6, 6.07) is 0. The van der Waals surface area contributed by atoms with Gasteiger partial charge in [-0.3, -0.25) is 4.79 Å². The average molecular weight is 1170 g/mol. The summed E-state index contributed by atoms with van der Waals surface area (Å²) in [6.45, 7) is 20.8. The fourth-order valence-electron chi connectivity index (χ4n) is 7.05. The van der Waals surface area contributed by atoms with Crippen molar-refractivity contribution in [2.75, 3.05) is 264 Å². The van der Waals surface area contributed by atoms with E-state index in [1.807, 2.05) is 0 Å². The maximum absolute atomic E-state index is 12.0. The Morgan fingerprint density at radius 2 is 0.362 bits per heavy atom. The lowest BCUT2D eigenvalue weighted by Gasteiger charge is -2.09. The van der Waals surface area contributed by atoms with E-state index in [1.165, 1.54) is 83.5 Å². The molecule has 0 aromatic heterocycles. The molecule has 0 heterocycles. The van der Waals surface area contributed by atoms with Gasteiger partial charge < -0.3 is 99.8 Å². The molecular weight excluding hydrogens is 1050 g/mol. The van der Waals surface area contributed by atoms with Gasteiger partial charge in [-0.25, -0.2) is 0 Å². The van der Waals surface area contributed by atoms with Gasteiger partial charge in [0.1, 0.15) is 6.61 Å². The molecule has 480 valence electrons. The van der Waals surface area contributed by atoms with E-state index in [1.54, 1.807) is 0 Å². The Labute approximate surface area is 483 Å². The second kappa shape index (κ2) is 75.7. The van der Waals surface area contributed by atoms with Crippen LogP contribution in [0, 0.1) is 0 Å². The van der Waals surface area contributed by atoms with Crippen molar-refractivity contribution in [1.82, 2.24) is 0 Å². The summed E-state index contributed by atoms with van der Waals surface area (Å²) >= 11 is 0. The number of aliphatic hydroxyl groups is 1. The fourth-order valence-corrected chi connectivity index (χ4v) is 7.05. The topological polar surface area (TPSA) is 222 Å². The van der Waals surface area contributed by atoms with E-state index in [-0.39, 0.29) is 19.2 Å². The van der Waals surface area contributed by atoms with Crippen molar-refractivity contribution >= 4 is 5.97 Å². The van der Waals surface area contributed by atoms with E-state index < -0.39 is 0 Å². The molecule has 22 nitrogen and oxygen atoms in total. The van der Waals surface area contributed by atoms with Crippen LogP contribution in [0.15, 0.2) is 0 Å². The number of unbranched alkanes of at least 4 members (excludes halogenated alkanes) is 14. The molecule has 0 aliphatic rings. The molecule has 80 heavy (non-hydrogen) atoms. The quantitative estimate of drug-likeness (QED) is 0.0537. The van der Waals surface area contributed by atoms with Gasteiger partial charge in [-0.05, 0) is 6.42 Å². The predicted molar refractivity (Wildman–Crippen MR) is 303 cm³/mol. The number of hydrogen-bond acceptors (Lipinski definition) is 22. The molecule has 0 aliphatic carbocycles. The lowest BCUT2D eigenvalue weighted by molar-refractivity contribution is -0.145. The van der Waals surface area contributed by atoms with Gasteiger partial charge in [0, 0.05) is 6.42 Å². The molecule has 22 heteroatoms. The summed E-state index contributed by atoms with van der Waals surface area (Å²) in [5.74, 6) is -0.136. The summed E-state index contributed by atoms with van der Waals surface area (Å²) in [5, 5.41) is 8.61. The van der Waals surface area contributed by atoms with Crippen LogP contribution in [0.1, 0.15) is 110 Å². The number of carbonyl (C=O) groups is 1. The molecule has 0 aromatic rings. The Hall–Kier alpha value is -1.33. The number of rotatable bonds is 75. The third-order valence-electron chi connectivity index (χ3n) is 11.4. The van der Waals surface area contributed by atoms with Crippen molar-refractivity contribution < 1.29 is 105 Å². The first-order valence-electron chi connectivity index (χ1n) is 30.5. The van der Waals surface area contributed by atoms with Crippen molar-refractivity contribution in [2.24, 2.45) is 0 Å². The van der Waals surface area contributed by atoms with E-state index >= 15 is 0 Å². The van der Waals surface area contributed by atoms with Crippen LogP contribution in [0.25, 0.3) is 0 Å². The van der Waals surface area contributed by atoms with Crippen molar-refractivity contribution in [3.05, 3.63) is 0 Å². The van der Waals surface area contributed by atoms with Crippen LogP contribution in [0.4, 0.5) is 0 Å². The number of aliphatic hydroxyl groups excluding tert-OH is 1. The Bertz CT molecular complexity index is 1110. The molecule has 1 N–H and O–H groups in total. The minimum atomic E-state index is -0.136. The molecule has 0 aliphatic heterocycles. The predicted octanol–water partition coefficient (Wildman–Crippen LogP) is 6.10. The van der Waals surface area contributed by atoms with Crippen LogP contribution in [0.5, 0.6) is 0 Å². The number of carbonyl (C=O) groups excluding carboxylic acids is 1. The molecule has 0 atom stereocenters. The Morgan fingerprint density at radius 3 is 0.537 bits per heavy atom. The molecule has 0 amide bonds. The first-order chi connectivity index (χ1) is 39.8. The van der Waals surface area contributed by atoms with E-state index in [0.29, 0.717) is 257 Å². The zero-order valence-corrected chi connectivity index (χ0v) is 50.1. The van der Waals surface area contributed by atoms with Crippen LogP contribution in [-0.2, 0) is 99.5 Å². The highest BCUT2D eigenvalue weighted by molar-refractivity contribution is 5.69. The molecule has 0 aromatic carbocycles. The Morgan fingerprint density at radius 1 is 0.212 bits per heavy atom. The fraction of sp³-hybridized carbons (Fsp3) is 0.983. The van der Waals surface area contributed by atoms with Crippen LogP contribution in [0.2, 0.25) is 0 Å². The highest BCUT2D eigenvalue weighted by Gasteiger charge is 2.04. The summed E-state index contributed by atoms with van der Waals surface area (Å²) in [7, 11) is 0. The minimum Gasteiger partial charge on any atom is -0.463 e. The van der Waals surface area contributed by atoms with Crippen LogP contribution in [0.3, 0.4) is 0 Å². The van der Waals surface area contributed by atoms with Gasteiger partial charge in [0.05, 0.1) is 258 Å². The zero-order chi connectivity index (χ0) is 57.3. The zero-order valence-electron chi connectivity index (χ0n) is 50.1. The van der Waals surface area contributed by atoms with Crippen LogP contribution in [-0.4, -0.2) is 275 Å². The molecular formula is C58H116O22. The number of hydrogen-bond donors (Lipinski definition) is 1. The van der Waals surface area contributed by atoms with Crippen molar-refractivity contribution in [3.8, 4) is 0 Å². The lowest BCUT2D eigenvalue weighted by Crippen LogP contribution is -2.16. The van der Waals surface area contributed by atoms with Gasteiger partial charge in [-0.1, -0.05) is 96.8 Å². The maximum Gasteiger partial charge on any atom is 0.305 e. The van der Waals surface area contributed by atoms with Crippen molar-refractivity contribution in [3.63, 3.8) is 0 Å². The van der Waals surface area contributed by atoms with Crippen LogP contribution < -0.4 is 0 Å². The molecule has 0 unspecified atom stereocenters. The smallest absolute Gasteiger partial charge is 0.305 e. The second-order valence-corrected chi connectivity index (χ2v) is 18.3. The van der Waals surface area contributed by atoms with E-state index in [9.17, 15) is 4.79 Å². The molecule has 0 rings (SSSR count). The standard InChI is InChI=1S/C58H116O22/c1-2-3-4-5-6-7-8-9-10-11-12-13-14-15-16-17-58(60)80-57-56-79-55-54-78-53-52-77-51-50-76-49-48-75-47-46-74-45-44-73-43-42-72-41-40-71-39-38-70-37-36-69-35-34-68-33-32-67-31-30-66-29-28-65-27-26-64-25-24-63-23-22-62-21-20-61-19-18-59/h59H,2-57H2,1H3. The Kier molecular flexibility index (Phi) is 74.4. The molecule has 0 bridgehead atoms. The van der Waals surface area contributed by atoms with Gasteiger partial charge >= 0.3 is 5.97 Å². The van der Waals surface area contributed by atoms with Gasteiger partial charge in [-0.15, -0.1) is 0 Å². The Balaban J connectivity index is 3.12. The van der Waals surface area contributed by atoms with E-state index in [0.717, 1.165) is 12.8 Å². The highest BCUT2D eigenvalue weighted by atomic mass is 16.6. The average Bonchev–Trinajstić information content (AvgIpc) is 3.46. The molecule has 0 radical (unpaired) electrons. The van der Waals surface area contributed by atoms with Crippen LogP contribution >= 0.6 is 0 Å². The summed E-state index contributed by atoms with van der Waals surface area (Å²) in [5.41, 5.74) is 0. The number of ether oxygens (including phenoxy) is 20. The minimum absolute atomic E-state index is 0.0187. The number of esters is 1. The lowest BCUT2D eigenvalue weighted by atomic mass is 10.0. The normalized spacial score (nSPS) is 11.7. The van der Waals surface area contributed by atoms with E-state index in [4.69, 9.17) is 99.8 Å². The molecule has 0 saturated heterocycles. The van der Waals surface area contributed by atoms with Gasteiger partial charge in [0.25, 0.3) is 0 Å². The summed E-state index contributed by atoms with van der Waals surface area (Å²) in [4.78, 5) is 12.0. The largest absolute Gasteiger partial charge is 0.463 e. The maximum atomic E-state index is 12.0. The van der Waals surface area contributed by atoms with Crippen molar-refractivity contribution in [2.45, 2.75) is 110 Å². The highest BCUT2D eigenvalue weighted by Crippen LogP contribution is 2.14. The first kappa shape index (κ1) is 78.7. The van der Waals surface area contributed by atoms with Gasteiger partial charge in [0.15, 0.2) is 0 Å². The first-order valence-corrected chi connectivity index (χ1v) is 30.5. The summed E-state index contributed by atoms with van der Waals surface area (Å²) in [6.07, 6.45) is 20.1. The molecule has 0 spiro atoms. The molecule has 0 fully saturated rings.